The number of thiol groups is 1. The minimum absolute atomic E-state index is 0. The zero-order valence-corrected chi connectivity index (χ0v) is 10.4. The van der Waals surface area contributed by atoms with Crippen molar-refractivity contribution in [2.45, 2.75) is 0 Å². The summed E-state index contributed by atoms with van der Waals surface area (Å²) >= 11 is 4.00. The SMILES string of the molecule is Cl.NOCCOCCOCCOCCS. The number of hydrogen-bond donors (Lipinski definition) is 2. The van der Waals surface area contributed by atoms with Gasteiger partial charge in [-0.05, 0) is 0 Å². The lowest BCUT2D eigenvalue weighted by Crippen LogP contribution is -2.13. The predicted molar refractivity (Wildman–Crippen MR) is 63.7 cm³/mol. The smallest absolute Gasteiger partial charge is 0.0913 e. The quantitative estimate of drug-likeness (QED) is 0.318. The Morgan fingerprint density at radius 3 is 1.53 bits per heavy atom. The second-order valence-corrected chi connectivity index (χ2v) is 2.88. The fourth-order valence-corrected chi connectivity index (χ4v) is 0.843. The highest BCUT2D eigenvalue weighted by atomic mass is 35.5. The molecule has 94 valence electrons. The van der Waals surface area contributed by atoms with Crippen LogP contribution in [-0.2, 0) is 19.0 Å². The topological polar surface area (TPSA) is 62.9 Å². The van der Waals surface area contributed by atoms with Crippen LogP contribution in [0.1, 0.15) is 0 Å². The molecule has 0 aliphatic rings. The minimum Gasteiger partial charge on any atom is -0.378 e. The van der Waals surface area contributed by atoms with Crippen molar-refractivity contribution in [1.82, 2.24) is 0 Å². The normalized spacial score (nSPS) is 10.0. The lowest BCUT2D eigenvalue weighted by molar-refractivity contribution is -0.000440. The molecule has 0 bridgehead atoms. The van der Waals surface area contributed by atoms with E-state index in [0.29, 0.717) is 46.2 Å². The average molecular weight is 262 g/mol. The first-order valence-electron chi connectivity index (χ1n) is 4.57. The van der Waals surface area contributed by atoms with Crippen LogP contribution >= 0.6 is 25.0 Å². The van der Waals surface area contributed by atoms with E-state index in [1.54, 1.807) is 0 Å². The summed E-state index contributed by atoms with van der Waals surface area (Å²) in [5.41, 5.74) is 0. The van der Waals surface area contributed by atoms with E-state index in [4.69, 9.17) is 20.1 Å². The van der Waals surface area contributed by atoms with Crippen molar-refractivity contribution in [2.24, 2.45) is 5.90 Å². The number of rotatable bonds is 11. The largest absolute Gasteiger partial charge is 0.378 e. The average Bonchev–Trinajstić information content (AvgIpc) is 2.21. The van der Waals surface area contributed by atoms with Gasteiger partial charge >= 0.3 is 0 Å². The summed E-state index contributed by atoms with van der Waals surface area (Å²) in [6.07, 6.45) is 0. The molecular weight excluding hydrogens is 242 g/mol. The standard InChI is InChI=1S/C8H19NO4S.ClH/c9-13-6-5-11-2-1-10-3-4-12-7-8-14;/h14H,1-9H2;1H. The van der Waals surface area contributed by atoms with Crippen molar-refractivity contribution in [3.63, 3.8) is 0 Å². The Labute approximate surface area is 102 Å². The number of nitrogens with two attached hydrogens (primary N) is 1. The third-order valence-electron chi connectivity index (χ3n) is 1.33. The number of halogens is 1. The molecule has 0 radical (unpaired) electrons. The Balaban J connectivity index is 0. The molecule has 0 aliphatic heterocycles. The van der Waals surface area contributed by atoms with Gasteiger partial charge in [0.2, 0.25) is 0 Å². The molecule has 0 aromatic carbocycles. The van der Waals surface area contributed by atoms with Gasteiger partial charge in [0, 0.05) is 5.75 Å². The van der Waals surface area contributed by atoms with Gasteiger partial charge in [-0.15, -0.1) is 12.4 Å². The van der Waals surface area contributed by atoms with Gasteiger partial charge in [0.25, 0.3) is 0 Å². The highest BCUT2D eigenvalue weighted by Gasteiger charge is 1.90. The molecule has 0 aliphatic carbocycles. The molecule has 0 aromatic rings. The van der Waals surface area contributed by atoms with Gasteiger partial charge < -0.3 is 19.0 Å². The molecule has 0 amide bonds. The minimum atomic E-state index is 0. The second-order valence-electron chi connectivity index (χ2n) is 2.43. The van der Waals surface area contributed by atoms with Gasteiger partial charge in [0.05, 0.1) is 46.2 Å². The van der Waals surface area contributed by atoms with E-state index >= 15 is 0 Å². The Kier molecular flexibility index (Phi) is 20.0. The van der Waals surface area contributed by atoms with E-state index < -0.39 is 0 Å². The van der Waals surface area contributed by atoms with Crippen LogP contribution in [0.4, 0.5) is 0 Å². The van der Waals surface area contributed by atoms with Crippen molar-refractivity contribution in [2.75, 3.05) is 52.0 Å². The maximum Gasteiger partial charge on any atom is 0.0913 e. The summed E-state index contributed by atoms with van der Waals surface area (Å²) in [4.78, 5) is 4.32. The molecular formula is C8H20ClNO4S. The summed E-state index contributed by atoms with van der Waals surface area (Å²) in [7, 11) is 0. The summed E-state index contributed by atoms with van der Waals surface area (Å²) < 4.78 is 15.5. The molecule has 2 N–H and O–H groups in total. The molecule has 0 spiro atoms. The van der Waals surface area contributed by atoms with E-state index in [2.05, 4.69) is 17.5 Å². The van der Waals surface area contributed by atoms with Gasteiger partial charge in [-0.1, -0.05) is 0 Å². The zero-order valence-electron chi connectivity index (χ0n) is 8.72. The lowest BCUT2D eigenvalue weighted by Gasteiger charge is -2.05. The Bertz CT molecular complexity index is 101. The molecule has 0 rings (SSSR count). The summed E-state index contributed by atoms with van der Waals surface area (Å²) in [6, 6.07) is 0. The first-order chi connectivity index (χ1) is 6.91. The van der Waals surface area contributed by atoms with Crippen LogP contribution in [0.25, 0.3) is 0 Å². The Morgan fingerprint density at radius 2 is 1.13 bits per heavy atom. The fraction of sp³-hybridized carbons (Fsp3) is 1.00. The Morgan fingerprint density at radius 1 is 0.733 bits per heavy atom. The molecule has 7 heteroatoms. The third-order valence-corrected chi connectivity index (χ3v) is 1.51. The maximum absolute atomic E-state index is 5.21. The highest BCUT2D eigenvalue weighted by molar-refractivity contribution is 7.80. The van der Waals surface area contributed by atoms with E-state index in [1.165, 1.54) is 0 Å². The predicted octanol–water partition coefficient (Wildman–Crippen LogP) is 0.278. The molecule has 0 unspecified atom stereocenters. The molecule has 0 atom stereocenters. The highest BCUT2D eigenvalue weighted by Crippen LogP contribution is 1.82. The first kappa shape index (κ1) is 17.8. The summed E-state index contributed by atoms with van der Waals surface area (Å²) in [5, 5.41) is 0. The molecule has 0 heterocycles. The van der Waals surface area contributed by atoms with E-state index in [9.17, 15) is 0 Å². The van der Waals surface area contributed by atoms with Gasteiger partial charge in [-0.3, -0.25) is 0 Å². The maximum atomic E-state index is 5.21. The van der Waals surface area contributed by atoms with Gasteiger partial charge in [-0.25, -0.2) is 5.90 Å². The van der Waals surface area contributed by atoms with E-state index in [0.717, 1.165) is 5.75 Å². The monoisotopic (exact) mass is 261 g/mol. The molecule has 15 heavy (non-hydrogen) atoms. The van der Waals surface area contributed by atoms with E-state index in [1.807, 2.05) is 0 Å². The van der Waals surface area contributed by atoms with Crippen molar-refractivity contribution >= 4 is 25.0 Å². The van der Waals surface area contributed by atoms with Crippen molar-refractivity contribution < 1.29 is 19.0 Å². The van der Waals surface area contributed by atoms with Crippen LogP contribution in [0.2, 0.25) is 0 Å². The van der Waals surface area contributed by atoms with Crippen LogP contribution in [0.15, 0.2) is 0 Å². The zero-order chi connectivity index (χ0) is 10.5. The van der Waals surface area contributed by atoms with Crippen molar-refractivity contribution in [3.05, 3.63) is 0 Å². The molecule has 0 aromatic heterocycles. The number of ether oxygens (including phenoxy) is 3. The van der Waals surface area contributed by atoms with Gasteiger partial charge in [-0.2, -0.15) is 12.6 Å². The van der Waals surface area contributed by atoms with Crippen molar-refractivity contribution in [1.29, 1.82) is 0 Å². The van der Waals surface area contributed by atoms with Crippen LogP contribution in [0, 0.1) is 0 Å². The molecule has 0 fully saturated rings. The van der Waals surface area contributed by atoms with Gasteiger partial charge in [0.15, 0.2) is 0 Å². The Hall–Kier alpha value is 0.440. The molecule has 0 saturated carbocycles. The summed E-state index contributed by atoms with van der Waals surface area (Å²) in [5.74, 6) is 5.54. The van der Waals surface area contributed by atoms with Gasteiger partial charge in [0.1, 0.15) is 0 Å². The van der Waals surface area contributed by atoms with E-state index in [-0.39, 0.29) is 12.4 Å². The van der Waals surface area contributed by atoms with Crippen LogP contribution in [0.3, 0.4) is 0 Å². The fourth-order valence-electron chi connectivity index (χ4n) is 0.713. The summed E-state index contributed by atoms with van der Waals surface area (Å²) in [6.45, 7) is 3.87. The molecule has 5 nitrogen and oxygen atoms in total. The second kappa shape index (κ2) is 16.9. The van der Waals surface area contributed by atoms with Crippen LogP contribution < -0.4 is 5.90 Å². The molecule has 0 saturated heterocycles. The third kappa shape index (κ3) is 17.1. The number of hydrogen-bond acceptors (Lipinski definition) is 6. The van der Waals surface area contributed by atoms with Crippen molar-refractivity contribution in [3.8, 4) is 0 Å². The van der Waals surface area contributed by atoms with Crippen LogP contribution in [-0.4, -0.2) is 52.0 Å². The van der Waals surface area contributed by atoms with Crippen LogP contribution in [0.5, 0.6) is 0 Å². The lowest BCUT2D eigenvalue weighted by atomic mass is 10.7. The first-order valence-corrected chi connectivity index (χ1v) is 5.21.